The van der Waals surface area contributed by atoms with Gasteiger partial charge in [0.1, 0.15) is 0 Å². The molecule has 2 aliphatic heterocycles. The first-order valence-electron chi connectivity index (χ1n) is 20.5. The second-order valence-electron chi connectivity index (χ2n) is 16.7. The van der Waals surface area contributed by atoms with Crippen LogP contribution in [0.25, 0.3) is 0 Å². The summed E-state index contributed by atoms with van der Waals surface area (Å²) < 4.78 is 0. The summed E-state index contributed by atoms with van der Waals surface area (Å²) >= 11 is 0. The molecule has 0 fully saturated rings. The molecule has 2 nitrogen and oxygen atoms in total. The molecule has 0 spiro atoms. The summed E-state index contributed by atoms with van der Waals surface area (Å²) in [7, 11) is -0.438. The van der Waals surface area contributed by atoms with Gasteiger partial charge in [-0.2, -0.15) is 0 Å². The molecular formula is C52H51BN2Si. The van der Waals surface area contributed by atoms with E-state index in [1.54, 1.807) is 0 Å². The number of para-hydroxylation sites is 3. The number of fused-ring (bicyclic) bond motifs is 4. The zero-order chi connectivity index (χ0) is 38.7. The Balaban J connectivity index is 1.30. The second kappa shape index (κ2) is 14.2. The quantitative estimate of drug-likeness (QED) is 0.151. The highest BCUT2D eigenvalue weighted by Crippen LogP contribution is 2.41. The lowest BCUT2D eigenvalue weighted by atomic mass is 9.33. The van der Waals surface area contributed by atoms with Gasteiger partial charge in [-0.05, 0) is 96.4 Å². The van der Waals surface area contributed by atoms with Crippen LogP contribution in [-0.4, -0.2) is 21.8 Å². The maximum atomic E-state index is 2.54. The molecule has 56 heavy (non-hydrogen) atoms. The van der Waals surface area contributed by atoms with E-state index in [0.717, 1.165) is 0 Å². The fourth-order valence-corrected chi connectivity index (χ4v) is 15.0. The van der Waals surface area contributed by atoms with Crippen LogP contribution in [0.3, 0.4) is 0 Å². The van der Waals surface area contributed by atoms with Crippen LogP contribution in [0.1, 0.15) is 76.0 Å². The fourth-order valence-electron chi connectivity index (χ4n) is 9.89. The third-order valence-electron chi connectivity index (χ3n) is 12.5. The molecule has 7 aromatic carbocycles. The van der Waals surface area contributed by atoms with E-state index in [9.17, 15) is 0 Å². The van der Waals surface area contributed by atoms with Gasteiger partial charge < -0.3 is 9.80 Å². The van der Waals surface area contributed by atoms with Crippen molar-refractivity contribution < 1.29 is 0 Å². The molecule has 2 aliphatic rings. The van der Waals surface area contributed by atoms with Gasteiger partial charge in [0.15, 0.2) is 8.07 Å². The molecule has 0 amide bonds. The number of hydrogen-bond acceptors (Lipinski definition) is 2. The maximum absolute atomic E-state index is 2.69. The van der Waals surface area contributed by atoms with E-state index < -0.39 is 8.07 Å². The average molecular weight is 743 g/mol. The third kappa shape index (κ3) is 5.52. The van der Waals surface area contributed by atoms with E-state index in [1.807, 2.05) is 0 Å². The van der Waals surface area contributed by atoms with E-state index >= 15 is 0 Å². The molecule has 0 bridgehead atoms. The lowest BCUT2D eigenvalue weighted by molar-refractivity contribution is 0.812. The number of hydrogen-bond donors (Lipinski definition) is 0. The van der Waals surface area contributed by atoms with Gasteiger partial charge in [-0.25, -0.2) is 0 Å². The highest BCUT2D eigenvalue weighted by molar-refractivity contribution is 7.21. The third-order valence-corrected chi connectivity index (χ3v) is 17.4. The van der Waals surface area contributed by atoms with Gasteiger partial charge in [-0.3, -0.25) is 0 Å². The smallest absolute Gasteiger partial charge is 0.247 e. The summed E-state index contributed by atoms with van der Waals surface area (Å²) in [5.41, 5.74) is 14.9. The van der Waals surface area contributed by atoms with Crippen molar-refractivity contribution in [1.29, 1.82) is 0 Å². The Kier molecular flexibility index (Phi) is 9.13. The van der Waals surface area contributed by atoms with Crippen LogP contribution in [0, 0.1) is 0 Å². The van der Waals surface area contributed by atoms with Crippen LogP contribution in [0.2, 0.25) is 0 Å². The monoisotopic (exact) mass is 742 g/mol. The summed E-state index contributed by atoms with van der Waals surface area (Å²) in [6.45, 7) is 14.3. The predicted octanol–water partition coefficient (Wildman–Crippen LogP) is 8.81. The molecule has 0 N–H and O–H groups in total. The van der Waals surface area contributed by atoms with Crippen molar-refractivity contribution in [2.45, 2.75) is 59.3 Å². The standard InChI is InChI=1S/C52H51BN2Si/c1-35(2)38-32-42(36(3)4)52(43(33-38)37(5)6)53-44-24-14-15-25-46(44)54(7)49-34-39(30-31-45(49)53)55-47-26-16-18-28-50(47)56(40-20-10-8-11-21-40,41-22-12-9-13-23-41)51-29-19-17-27-48(51)55/h8-37H,1-7H3. The molecule has 276 valence electrons. The Bertz CT molecular complexity index is 2440. The molecule has 0 atom stereocenters. The summed E-state index contributed by atoms with van der Waals surface area (Å²) in [6, 6.07) is 62.4. The van der Waals surface area contributed by atoms with Crippen molar-refractivity contribution >= 4 is 80.4 Å². The molecule has 9 rings (SSSR count). The van der Waals surface area contributed by atoms with Crippen molar-refractivity contribution in [2.75, 3.05) is 16.8 Å². The highest BCUT2D eigenvalue weighted by Gasteiger charge is 2.49. The normalized spacial score (nSPS) is 14.1. The Morgan fingerprint density at radius 1 is 0.446 bits per heavy atom. The van der Waals surface area contributed by atoms with Crippen LogP contribution in [0.5, 0.6) is 0 Å². The molecule has 2 heterocycles. The van der Waals surface area contributed by atoms with Gasteiger partial charge in [0.25, 0.3) is 0 Å². The molecule has 0 saturated heterocycles. The molecule has 0 aliphatic carbocycles. The van der Waals surface area contributed by atoms with Crippen molar-refractivity contribution in [1.82, 2.24) is 0 Å². The van der Waals surface area contributed by atoms with Gasteiger partial charge in [0, 0.05) is 35.5 Å². The molecule has 4 heteroatoms. The Morgan fingerprint density at radius 3 is 1.43 bits per heavy atom. The zero-order valence-electron chi connectivity index (χ0n) is 33.8. The molecule has 0 aromatic heterocycles. The van der Waals surface area contributed by atoms with Crippen molar-refractivity contribution in [2.24, 2.45) is 0 Å². The Morgan fingerprint density at radius 2 is 0.911 bits per heavy atom. The zero-order valence-corrected chi connectivity index (χ0v) is 34.8. The van der Waals surface area contributed by atoms with Crippen LogP contribution >= 0.6 is 0 Å². The topological polar surface area (TPSA) is 6.48 Å². The van der Waals surface area contributed by atoms with E-state index in [2.05, 4.69) is 222 Å². The molecular weight excluding hydrogens is 691 g/mol. The minimum Gasteiger partial charge on any atom is -0.345 e. The summed E-state index contributed by atoms with van der Waals surface area (Å²) in [5.74, 6) is 1.27. The van der Waals surface area contributed by atoms with Gasteiger partial charge in [-0.15, -0.1) is 0 Å². The summed E-state index contributed by atoms with van der Waals surface area (Å²) in [4.78, 5) is 4.98. The molecule has 0 radical (unpaired) electrons. The minimum absolute atomic E-state index is 0.125. The Hall–Kier alpha value is -5.58. The SMILES string of the molecule is CC(C)c1cc(C(C)C)c(B2c3ccccc3N(C)c3cc(N4c5ccccc5[Si](c5ccccc5)(c5ccccc5)c5ccccc54)ccc32)c(C(C)C)c1. The molecule has 7 aromatic rings. The first kappa shape index (κ1) is 36.1. The maximum Gasteiger partial charge on any atom is 0.247 e. The summed E-state index contributed by atoms with van der Waals surface area (Å²) in [6.07, 6.45) is 0. The largest absolute Gasteiger partial charge is 0.345 e. The lowest BCUT2D eigenvalue weighted by Gasteiger charge is -2.45. The fraction of sp³-hybridized carbons (Fsp3) is 0.192. The van der Waals surface area contributed by atoms with Crippen LogP contribution < -0.4 is 46.9 Å². The van der Waals surface area contributed by atoms with Gasteiger partial charge in [0.2, 0.25) is 6.71 Å². The first-order valence-corrected chi connectivity index (χ1v) is 22.5. The van der Waals surface area contributed by atoms with Crippen molar-refractivity contribution in [3.63, 3.8) is 0 Å². The van der Waals surface area contributed by atoms with Gasteiger partial charge in [-0.1, -0.05) is 180 Å². The average Bonchev–Trinajstić information content (AvgIpc) is 3.23. The first-order chi connectivity index (χ1) is 27.2. The van der Waals surface area contributed by atoms with E-state index in [0.29, 0.717) is 17.8 Å². The van der Waals surface area contributed by atoms with Crippen LogP contribution in [-0.2, 0) is 0 Å². The van der Waals surface area contributed by atoms with E-state index in [1.165, 1.54) is 82.3 Å². The lowest BCUT2D eigenvalue weighted by Crippen LogP contribution is -2.77. The van der Waals surface area contributed by atoms with E-state index in [4.69, 9.17) is 0 Å². The Labute approximate surface area is 335 Å². The van der Waals surface area contributed by atoms with E-state index in [-0.39, 0.29) is 6.71 Å². The minimum atomic E-state index is -2.69. The van der Waals surface area contributed by atoms with Crippen LogP contribution in [0.15, 0.2) is 164 Å². The highest BCUT2D eigenvalue weighted by atomic mass is 28.3. The van der Waals surface area contributed by atoms with Crippen LogP contribution in [0.4, 0.5) is 28.4 Å². The van der Waals surface area contributed by atoms with Gasteiger partial charge in [0.05, 0.1) is 0 Å². The van der Waals surface area contributed by atoms with Gasteiger partial charge >= 0.3 is 0 Å². The number of benzene rings is 7. The number of rotatable bonds is 7. The number of anilines is 5. The van der Waals surface area contributed by atoms with Crippen molar-refractivity contribution in [3.8, 4) is 0 Å². The number of nitrogens with zero attached hydrogens (tertiary/aromatic N) is 2. The molecule has 0 unspecified atom stereocenters. The molecule has 0 saturated carbocycles. The van der Waals surface area contributed by atoms with Crippen molar-refractivity contribution in [3.05, 3.63) is 180 Å². The summed E-state index contributed by atoms with van der Waals surface area (Å²) in [5, 5.41) is 5.64. The predicted molar refractivity (Wildman–Crippen MR) is 246 cm³/mol. The second-order valence-corrected chi connectivity index (χ2v) is 20.5.